The summed E-state index contributed by atoms with van der Waals surface area (Å²) in [5.74, 6) is -9.29. The molecule has 0 radical (unpaired) electrons. The third-order valence-corrected chi connectivity index (χ3v) is 5.06. The summed E-state index contributed by atoms with van der Waals surface area (Å²) in [6, 6.07) is 0. The fourth-order valence-electron chi connectivity index (χ4n) is 2.40. The van der Waals surface area contributed by atoms with Crippen molar-refractivity contribution in [2.75, 3.05) is 0 Å². The largest absolute Gasteiger partial charge is 0.304 e. The van der Waals surface area contributed by atoms with Crippen molar-refractivity contribution >= 4 is 7.28 Å². The average molecular weight is 334 g/mol. The summed E-state index contributed by atoms with van der Waals surface area (Å²) < 4.78 is 56.3. The van der Waals surface area contributed by atoms with E-state index < -0.39 is 24.9 Å². The number of rotatable bonds is 9. The molecular weight excluding hydrogens is 303 g/mol. The molecule has 0 saturated carbocycles. The van der Waals surface area contributed by atoms with Gasteiger partial charge in [0.25, 0.3) is 5.82 Å². The van der Waals surface area contributed by atoms with Crippen molar-refractivity contribution in [3.8, 4) is 0 Å². The van der Waals surface area contributed by atoms with E-state index in [1.54, 1.807) is 12.2 Å². The zero-order valence-electron chi connectivity index (χ0n) is 15.6. The molecule has 0 bridgehead atoms. The highest BCUT2D eigenvalue weighted by atomic mass is 19.3. The average Bonchev–Trinajstić information content (AvgIpc) is 2.44. The molecular formula is C18H31BF4. The second kappa shape index (κ2) is 8.39. The molecule has 0 aromatic carbocycles. The molecule has 0 aromatic heterocycles. The Morgan fingerprint density at radius 1 is 0.957 bits per heavy atom. The van der Waals surface area contributed by atoms with Gasteiger partial charge >= 0.3 is 5.92 Å². The van der Waals surface area contributed by atoms with Crippen molar-refractivity contribution in [2.45, 2.75) is 79.5 Å². The second-order valence-corrected chi connectivity index (χ2v) is 7.12. The van der Waals surface area contributed by atoms with E-state index in [4.69, 9.17) is 0 Å². The quantitative estimate of drug-likeness (QED) is 0.261. The first-order chi connectivity index (χ1) is 10.4. The predicted octanol–water partition coefficient (Wildman–Crippen LogP) is 6.37. The van der Waals surface area contributed by atoms with Crippen LogP contribution in [0, 0.1) is 11.3 Å². The maximum absolute atomic E-state index is 14.1. The number of allylic oxidation sites excluding steroid dienone is 4. The number of alkyl halides is 4. The molecule has 0 aliphatic heterocycles. The maximum Gasteiger partial charge on any atom is 0.304 e. The maximum atomic E-state index is 14.1. The van der Waals surface area contributed by atoms with Crippen molar-refractivity contribution in [3.05, 3.63) is 23.2 Å². The number of halogens is 4. The van der Waals surface area contributed by atoms with Crippen LogP contribution in [-0.4, -0.2) is 19.0 Å². The zero-order chi connectivity index (χ0) is 18.5. The van der Waals surface area contributed by atoms with E-state index in [-0.39, 0.29) is 23.7 Å². The summed E-state index contributed by atoms with van der Waals surface area (Å²) in [7, 11) is -0.910. The molecule has 0 aromatic rings. The van der Waals surface area contributed by atoms with E-state index in [1.807, 2.05) is 6.92 Å². The highest BCUT2D eigenvalue weighted by Crippen LogP contribution is 2.43. The molecule has 0 fully saturated rings. The van der Waals surface area contributed by atoms with Gasteiger partial charge in [-0.2, -0.15) is 0 Å². The summed E-state index contributed by atoms with van der Waals surface area (Å²) in [6.45, 7) is 12.7. The van der Waals surface area contributed by atoms with Gasteiger partial charge in [0.1, 0.15) is 0 Å². The van der Waals surface area contributed by atoms with Gasteiger partial charge in [-0.1, -0.05) is 59.3 Å². The van der Waals surface area contributed by atoms with Gasteiger partial charge < -0.3 is 0 Å². The Labute approximate surface area is 139 Å². The van der Waals surface area contributed by atoms with Gasteiger partial charge in [-0.15, -0.1) is 5.47 Å². The molecule has 0 rings (SSSR count). The van der Waals surface area contributed by atoms with Gasteiger partial charge in [0.2, 0.25) is 7.28 Å². The fraction of sp³-hybridized carbons (Fsp3) is 0.778. The summed E-state index contributed by atoms with van der Waals surface area (Å²) in [4.78, 5) is 0. The van der Waals surface area contributed by atoms with E-state index in [0.717, 1.165) is 12.0 Å². The van der Waals surface area contributed by atoms with Crippen molar-refractivity contribution in [1.29, 1.82) is 0 Å². The van der Waals surface area contributed by atoms with Crippen molar-refractivity contribution < 1.29 is 17.6 Å². The highest BCUT2D eigenvalue weighted by molar-refractivity contribution is 6.48. The molecule has 0 aliphatic carbocycles. The standard InChI is InChI=1S/C18H31BF4/c1-8-15(9-2)17(20,21)18(22,23)19-14(5)12-11-13(4)16(6,7)10-3/h11-12,15,19H,8-10H2,1-7H3/b13-11+,14-12+. The molecule has 0 saturated heterocycles. The third kappa shape index (κ3) is 5.68. The van der Waals surface area contributed by atoms with E-state index in [0.29, 0.717) is 0 Å². The summed E-state index contributed by atoms with van der Waals surface area (Å²) in [6.07, 6.45) is 4.33. The molecule has 0 nitrogen and oxygen atoms in total. The lowest BCUT2D eigenvalue weighted by molar-refractivity contribution is -0.193. The van der Waals surface area contributed by atoms with Gasteiger partial charge in [0.15, 0.2) is 0 Å². The molecule has 0 heterocycles. The Morgan fingerprint density at radius 3 is 1.83 bits per heavy atom. The lowest BCUT2D eigenvalue weighted by Crippen LogP contribution is -2.50. The zero-order valence-corrected chi connectivity index (χ0v) is 15.6. The molecule has 0 spiro atoms. The van der Waals surface area contributed by atoms with Crippen LogP contribution in [0.5, 0.6) is 0 Å². The van der Waals surface area contributed by atoms with Crippen LogP contribution in [0.25, 0.3) is 0 Å². The predicted molar refractivity (Wildman–Crippen MR) is 92.7 cm³/mol. The van der Waals surface area contributed by atoms with Crippen LogP contribution in [0.4, 0.5) is 17.6 Å². The molecule has 134 valence electrons. The third-order valence-electron chi connectivity index (χ3n) is 5.06. The molecule has 0 N–H and O–H groups in total. The van der Waals surface area contributed by atoms with E-state index in [9.17, 15) is 17.6 Å². The fourth-order valence-corrected chi connectivity index (χ4v) is 2.40. The van der Waals surface area contributed by atoms with Gasteiger partial charge in [0, 0.05) is 5.92 Å². The Kier molecular flexibility index (Phi) is 8.12. The van der Waals surface area contributed by atoms with Crippen LogP contribution >= 0.6 is 0 Å². The van der Waals surface area contributed by atoms with Gasteiger partial charge in [-0.3, -0.25) is 0 Å². The summed E-state index contributed by atoms with van der Waals surface area (Å²) in [5.41, 5.74) is 1.29. The topological polar surface area (TPSA) is 0 Å². The van der Waals surface area contributed by atoms with Gasteiger partial charge in [0.05, 0.1) is 0 Å². The lowest BCUT2D eigenvalue weighted by atomic mass is 9.59. The van der Waals surface area contributed by atoms with Crippen LogP contribution in [0.1, 0.15) is 67.7 Å². The first-order valence-corrected chi connectivity index (χ1v) is 8.45. The monoisotopic (exact) mass is 334 g/mol. The minimum absolute atomic E-state index is 0.0290. The van der Waals surface area contributed by atoms with E-state index >= 15 is 0 Å². The Balaban J connectivity index is 5.24. The summed E-state index contributed by atoms with van der Waals surface area (Å²) >= 11 is 0. The smallest absolute Gasteiger partial charge is 0.211 e. The van der Waals surface area contributed by atoms with Crippen LogP contribution < -0.4 is 0 Å². The van der Waals surface area contributed by atoms with E-state index in [1.165, 1.54) is 20.8 Å². The highest BCUT2D eigenvalue weighted by Gasteiger charge is 2.59. The van der Waals surface area contributed by atoms with Crippen molar-refractivity contribution in [1.82, 2.24) is 0 Å². The minimum atomic E-state index is -4.02. The Hall–Kier alpha value is -0.735. The lowest BCUT2D eigenvalue weighted by Gasteiger charge is -2.32. The molecule has 0 aliphatic rings. The first-order valence-electron chi connectivity index (χ1n) is 8.45. The first kappa shape index (κ1) is 22.3. The number of hydrogen-bond donors (Lipinski definition) is 0. The van der Waals surface area contributed by atoms with Crippen LogP contribution in [0.15, 0.2) is 23.2 Å². The minimum Gasteiger partial charge on any atom is -0.211 e. The molecule has 5 heteroatoms. The summed E-state index contributed by atoms with van der Waals surface area (Å²) in [5, 5.41) is 0. The second-order valence-electron chi connectivity index (χ2n) is 7.12. The van der Waals surface area contributed by atoms with Crippen LogP contribution in [0.3, 0.4) is 0 Å². The van der Waals surface area contributed by atoms with Crippen LogP contribution in [0.2, 0.25) is 0 Å². The SMILES string of the molecule is CCC(CC)C(F)(F)C(F)(F)B/C(C)=C/C=C(\C)C(C)(C)CC. The molecule has 23 heavy (non-hydrogen) atoms. The van der Waals surface area contributed by atoms with Crippen molar-refractivity contribution in [3.63, 3.8) is 0 Å². The molecule has 0 atom stereocenters. The van der Waals surface area contributed by atoms with E-state index in [2.05, 4.69) is 20.8 Å². The van der Waals surface area contributed by atoms with Gasteiger partial charge in [-0.25, -0.2) is 17.6 Å². The Bertz CT molecular complexity index is 432. The molecule has 0 amide bonds. The normalized spacial score (nSPS) is 15.3. The number of hydrogen-bond acceptors (Lipinski definition) is 0. The van der Waals surface area contributed by atoms with Crippen LogP contribution in [-0.2, 0) is 0 Å². The van der Waals surface area contributed by atoms with Crippen molar-refractivity contribution in [2.24, 2.45) is 11.3 Å². The molecule has 0 unspecified atom stereocenters. The van der Waals surface area contributed by atoms with Gasteiger partial charge in [-0.05, 0) is 31.6 Å². The Morgan fingerprint density at radius 2 is 1.43 bits per heavy atom.